The number of hydrogen-bond donors (Lipinski definition) is 2. The molecule has 0 aliphatic carbocycles. The number of nitrogens with one attached hydrogen (secondary N) is 1. The highest BCUT2D eigenvalue weighted by atomic mass is 16.4. The molecule has 0 fully saturated rings. The zero-order valence-electron chi connectivity index (χ0n) is 7.78. The second kappa shape index (κ2) is 4.41. The number of rotatable bonds is 3. The predicted octanol–water partition coefficient (Wildman–Crippen LogP) is 1.13. The third-order valence-electron chi connectivity index (χ3n) is 1.73. The lowest BCUT2D eigenvalue weighted by Crippen LogP contribution is -2.22. The molecule has 1 aromatic carbocycles. The van der Waals surface area contributed by atoms with Crippen LogP contribution >= 0.6 is 0 Å². The summed E-state index contributed by atoms with van der Waals surface area (Å²) < 4.78 is 0. The molecule has 0 atom stereocenters. The monoisotopic (exact) mass is 193 g/mol. The van der Waals surface area contributed by atoms with Crippen molar-refractivity contribution in [3.63, 3.8) is 0 Å². The molecular weight excluding hydrogens is 182 g/mol. The molecule has 0 aliphatic rings. The lowest BCUT2D eigenvalue weighted by Gasteiger charge is -2.01. The summed E-state index contributed by atoms with van der Waals surface area (Å²) in [5, 5.41) is 11.2. The summed E-state index contributed by atoms with van der Waals surface area (Å²) in [6, 6.07) is 5.81. The normalized spacial score (nSPS) is 9.50. The van der Waals surface area contributed by atoms with Crippen LogP contribution in [0.25, 0.3) is 0 Å². The van der Waals surface area contributed by atoms with Crippen molar-refractivity contribution in [2.24, 2.45) is 0 Å². The van der Waals surface area contributed by atoms with E-state index in [4.69, 9.17) is 5.11 Å². The Hall–Kier alpha value is -1.84. The number of amides is 1. The highest BCUT2D eigenvalue weighted by Crippen LogP contribution is 2.04. The van der Waals surface area contributed by atoms with Gasteiger partial charge in [0, 0.05) is 12.1 Å². The van der Waals surface area contributed by atoms with Crippen molar-refractivity contribution in [1.29, 1.82) is 0 Å². The van der Waals surface area contributed by atoms with Gasteiger partial charge < -0.3 is 10.4 Å². The van der Waals surface area contributed by atoms with Crippen molar-refractivity contribution in [2.75, 3.05) is 6.54 Å². The van der Waals surface area contributed by atoms with Crippen LogP contribution in [0, 0.1) is 0 Å². The van der Waals surface area contributed by atoms with E-state index in [0.717, 1.165) is 0 Å². The first-order chi connectivity index (χ1) is 6.65. The molecule has 1 aromatic rings. The van der Waals surface area contributed by atoms with E-state index in [2.05, 4.69) is 5.32 Å². The third kappa shape index (κ3) is 2.32. The van der Waals surface area contributed by atoms with Gasteiger partial charge in [-0.2, -0.15) is 0 Å². The fourth-order valence-electron chi connectivity index (χ4n) is 1.03. The van der Waals surface area contributed by atoms with Crippen molar-refractivity contribution in [2.45, 2.75) is 6.92 Å². The van der Waals surface area contributed by atoms with Gasteiger partial charge in [0.1, 0.15) is 0 Å². The van der Waals surface area contributed by atoms with Crippen LogP contribution in [0.4, 0.5) is 0 Å². The topological polar surface area (TPSA) is 66.4 Å². The van der Waals surface area contributed by atoms with Gasteiger partial charge in [0.15, 0.2) is 0 Å². The molecule has 0 aliphatic heterocycles. The molecule has 14 heavy (non-hydrogen) atoms. The van der Waals surface area contributed by atoms with Gasteiger partial charge in [0.2, 0.25) is 0 Å². The Labute approximate surface area is 81.6 Å². The van der Waals surface area contributed by atoms with E-state index in [1.165, 1.54) is 24.3 Å². The van der Waals surface area contributed by atoms with E-state index in [1.54, 1.807) is 0 Å². The first kappa shape index (κ1) is 10.2. The van der Waals surface area contributed by atoms with E-state index < -0.39 is 5.97 Å². The minimum atomic E-state index is -0.993. The molecule has 0 saturated carbocycles. The summed E-state index contributed by atoms with van der Waals surface area (Å²) in [6.07, 6.45) is 0. The molecule has 74 valence electrons. The van der Waals surface area contributed by atoms with Gasteiger partial charge in [-0.1, -0.05) is 0 Å². The van der Waals surface area contributed by atoms with Crippen LogP contribution in [0.5, 0.6) is 0 Å². The quantitative estimate of drug-likeness (QED) is 0.756. The van der Waals surface area contributed by atoms with Crippen molar-refractivity contribution < 1.29 is 14.7 Å². The fraction of sp³-hybridized carbons (Fsp3) is 0.200. The fourth-order valence-corrected chi connectivity index (χ4v) is 1.03. The maximum atomic E-state index is 11.3. The molecule has 0 radical (unpaired) electrons. The number of aromatic carboxylic acids is 1. The summed E-state index contributed by atoms with van der Waals surface area (Å²) in [4.78, 5) is 21.8. The van der Waals surface area contributed by atoms with Crippen LogP contribution in [0.3, 0.4) is 0 Å². The van der Waals surface area contributed by atoms with Gasteiger partial charge in [0.05, 0.1) is 5.56 Å². The first-order valence-corrected chi connectivity index (χ1v) is 4.26. The van der Waals surface area contributed by atoms with Crippen molar-refractivity contribution in [1.82, 2.24) is 5.32 Å². The predicted molar refractivity (Wildman–Crippen MR) is 51.4 cm³/mol. The van der Waals surface area contributed by atoms with Gasteiger partial charge in [-0.25, -0.2) is 4.79 Å². The standard InChI is InChI=1S/C10H11NO3/c1-2-11-9(12)7-3-5-8(6-4-7)10(13)14/h3-6H,2H2,1H3,(H,11,12)(H,13,14). The average molecular weight is 193 g/mol. The van der Waals surface area contributed by atoms with E-state index in [1.807, 2.05) is 6.92 Å². The Balaban J connectivity index is 2.83. The number of carboxylic acids is 1. The van der Waals surface area contributed by atoms with Crippen molar-refractivity contribution in [3.05, 3.63) is 35.4 Å². The molecule has 0 saturated heterocycles. The van der Waals surface area contributed by atoms with Crippen LogP contribution in [0.15, 0.2) is 24.3 Å². The van der Waals surface area contributed by atoms with E-state index >= 15 is 0 Å². The highest BCUT2D eigenvalue weighted by Gasteiger charge is 2.05. The number of carboxylic acid groups (broad SMARTS) is 1. The lowest BCUT2D eigenvalue weighted by atomic mass is 10.1. The average Bonchev–Trinajstić information content (AvgIpc) is 2.18. The smallest absolute Gasteiger partial charge is 0.335 e. The maximum absolute atomic E-state index is 11.3. The van der Waals surface area contributed by atoms with Gasteiger partial charge in [-0.3, -0.25) is 4.79 Å². The molecular formula is C10H11NO3. The summed E-state index contributed by atoms with van der Waals surface area (Å²) in [7, 11) is 0. The third-order valence-corrected chi connectivity index (χ3v) is 1.73. The zero-order chi connectivity index (χ0) is 10.6. The molecule has 0 unspecified atom stereocenters. The lowest BCUT2D eigenvalue weighted by molar-refractivity contribution is 0.0696. The molecule has 2 N–H and O–H groups in total. The van der Waals surface area contributed by atoms with Crippen LogP contribution in [-0.2, 0) is 0 Å². The number of carbonyl (C=O) groups excluding carboxylic acids is 1. The van der Waals surface area contributed by atoms with E-state index in [0.29, 0.717) is 12.1 Å². The van der Waals surface area contributed by atoms with Crippen LogP contribution in [0.1, 0.15) is 27.6 Å². The highest BCUT2D eigenvalue weighted by molar-refractivity contribution is 5.95. The van der Waals surface area contributed by atoms with Crippen LogP contribution in [-0.4, -0.2) is 23.5 Å². The SMILES string of the molecule is CCNC(=O)c1ccc(C(=O)O)cc1. The number of carbonyl (C=O) groups is 2. The van der Waals surface area contributed by atoms with E-state index in [-0.39, 0.29) is 11.5 Å². The summed E-state index contributed by atoms with van der Waals surface area (Å²) in [5.74, 6) is -1.18. The first-order valence-electron chi connectivity index (χ1n) is 4.26. The summed E-state index contributed by atoms with van der Waals surface area (Å²) in [6.45, 7) is 2.38. The number of hydrogen-bond acceptors (Lipinski definition) is 2. The Kier molecular flexibility index (Phi) is 3.23. The second-order valence-corrected chi connectivity index (χ2v) is 2.74. The maximum Gasteiger partial charge on any atom is 0.335 e. The van der Waals surface area contributed by atoms with Gasteiger partial charge in [-0.15, -0.1) is 0 Å². The molecule has 0 heterocycles. The van der Waals surface area contributed by atoms with Crippen molar-refractivity contribution >= 4 is 11.9 Å². The van der Waals surface area contributed by atoms with Crippen molar-refractivity contribution in [3.8, 4) is 0 Å². The Morgan fingerprint density at radius 3 is 2.14 bits per heavy atom. The molecule has 4 nitrogen and oxygen atoms in total. The number of benzene rings is 1. The van der Waals surface area contributed by atoms with Gasteiger partial charge >= 0.3 is 5.97 Å². The van der Waals surface area contributed by atoms with Gasteiger partial charge in [0.25, 0.3) is 5.91 Å². The molecule has 4 heteroatoms. The van der Waals surface area contributed by atoms with Crippen LogP contribution in [0.2, 0.25) is 0 Å². The molecule has 1 rings (SSSR count). The summed E-state index contributed by atoms with van der Waals surface area (Å²) in [5.41, 5.74) is 0.648. The Bertz CT molecular complexity index is 343. The molecule has 1 amide bonds. The van der Waals surface area contributed by atoms with Gasteiger partial charge in [-0.05, 0) is 31.2 Å². The van der Waals surface area contributed by atoms with Crippen LogP contribution < -0.4 is 5.32 Å². The second-order valence-electron chi connectivity index (χ2n) is 2.74. The minimum absolute atomic E-state index is 0.179. The largest absolute Gasteiger partial charge is 0.478 e. The molecule has 0 bridgehead atoms. The van der Waals surface area contributed by atoms with E-state index in [9.17, 15) is 9.59 Å². The minimum Gasteiger partial charge on any atom is -0.478 e. The Morgan fingerprint density at radius 2 is 1.71 bits per heavy atom. The summed E-state index contributed by atoms with van der Waals surface area (Å²) >= 11 is 0. The zero-order valence-corrected chi connectivity index (χ0v) is 7.78. The molecule has 0 spiro atoms. The Morgan fingerprint density at radius 1 is 1.21 bits per heavy atom. The molecule has 0 aromatic heterocycles.